The van der Waals surface area contributed by atoms with Crippen LogP contribution in [0.2, 0.25) is 0 Å². The molecule has 0 aliphatic carbocycles. The first-order valence-corrected chi connectivity index (χ1v) is 7.62. The van der Waals surface area contributed by atoms with E-state index in [-0.39, 0.29) is 11.6 Å². The van der Waals surface area contributed by atoms with Crippen molar-refractivity contribution in [1.82, 2.24) is 4.90 Å². The fourth-order valence-corrected chi connectivity index (χ4v) is 3.66. The second-order valence-electron chi connectivity index (χ2n) is 5.93. The molecule has 0 bridgehead atoms. The van der Waals surface area contributed by atoms with Crippen LogP contribution in [0, 0.1) is 0 Å². The van der Waals surface area contributed by atoms with E-state index >= 15 is 0 Å². The van der Waals surface area contributed by atoms with Crippen LogP contribution in [0.25, 0.3) is 0 Å². The first-order valence-electron chi connectivity index (χ1n) is 7.62. The van der Waals surface area contributed by atoms with E-state index in [9.17, 15) is 0 Å². The summed E-state index contributed by atoms with van der Waals surface area (Å²) in [7, 11) is 4.31. The number of nitrogens with zero attached hydrogens (tertiary/aromatic N) is 1. The zero-order valence-corrected chi connectivity index (χ0v) is 13.0. The molecule has 2 heteroatoms. The summed E-state index contributed by atoms with van der Waals surface area (Å²) in [6.45, 7) is 2.96. The number of ether oxygens (including phenoxy) is 1. The van der Waals surface area contributed by atoms with Crippen LogP contribution in [-0.4, -0.2) is 19.0 Å². The molecule has 2 atom stereocenters. The molecule has 1 heterocycles. The van der Waals surface area contributed by atoms with Gasteiger partial charge in [0, 0.05) is 0 Å². The molecular weight excluding hydrogens is 258 g/mol. The largest absolute Gasteiger partial charge is 0.367 e. The van der Waals surface area contributed by atoms with E-state index < -0.39 is 0 Å². The van der Waals surface area contributed by atoms with E-state index in [0.29, 0.717) is 6.61 Å². The number of rotatable bonds is 4. The SMILES string of the molecule is CCC(c1ccccc1)(C1OCc2ccccc21)N(C)C. The van der Waals surface area contributed by atoms with Crippen LogP contribution in [0.15, 0.2) is 54.6 Å². The summed E-state index contributed by atoms with van der Waals surface area (Å²) < 4.78 is 6.25. The Labute approximate surface area is 127 Å². The maximum Gasteiger partial charge on any atom is 0.106 e. The Morgan fingerprint density at radius 3 is 2.38 bits per heavy atom. The third-order valence-corrected chi connectivity index (χ3v) is 4.79. The van der Waals surface area contributed by atoms with Gasteiger partial charge in [0.05, 0.1) is 12.1 Å². The Hall–Kier alpha value is -1.64. The lowest BCUT2D eigenvalue weighted by Gasteiger charge is -2.44. The molecule has 0 saturated carbocycles. The van der Waals surface area contributed by atoms with E-state index in [0.717, 1.165) is 6.42 Å². The lowest BCUT2D eigenvalue weighted by atomic mass is 9.78. The van der Waals surface area contributed by atoms with Gasteiger partial charge in [0.25, 0.3) is 0 Å². The maximum atomic E-state index is 6.25. The highest BCUT2D eigenvalue weighted by atomic mass is 16.5. The second kappa shape index (κ2) is 5.63. The molecule has 0 spiro atoms. The van der Waals surface area contributed by atoms with Crippen molar-refractivity contribution in [2.75, 3.05) is 14.1 Å². The van der Waals surface area contributed by atoms with Gasteiger partial charge >= 0.3 is 0 Å². The maximum absolute atomic E-state index is 6.25. The molecular formula is C19H23NO. The summed E-state index contributed by atoms with van der Waals surface area (Å²) in [6.07, 6.45) is 1.08. The van der Waals surface area contributed by atoms with Gasteiger partial charge in [-0.15, -0.1) is 0 Å². The quantitative estimate of drug-likeness (QED) is 0.835. The molecule has 1 aliphatic rings. The molecule has 0 radical (unpaired) electrons. The number of benzene rings is 2. The zero-order valence-electron chi connectivity index (χ0n) is 13.0. The van der Waals surface area contributed by atoms with E-state index in [1.165, 1.54) is 16.7 Å². The van der Waals surface area contributed by atoms with E-state index in [4.69, 9.17) is 4.74 Å². The second-order valence-corrected chi connectivity index (χ2v) is 5.93. The number of likely N-dealkylation sites (N-methyl/N-ethyl adjacent to an activating group) is 1. The molecule has 0 fully saturated rings. The van der Waals surface area contributed by atoms with Gasteiger partial charge in [-0.3, -0.25) is 4.90 Å². The van der Waals surface area contributed by atoms with Crippen LogP contribution in [0.5, 0.6) is 0 Å². The van der Waals surface area contributed by atoms with Crippen LogP contribution in [0.3, 0.4) is 0 Å². The minimum absolute atomic E-state index is 0.0797. The van der Waals surface area contributed by atoms with Gasteiger partial charge in [0.15, 0.2) is 0 Å². The van der Waals surface area contributed by atoms with Crippen molar-refractivity contribution in [3.05, 3.63) is 71.3 Å². The molecule has 2 unspecified atom stereocenters. The molecule has 2 aromatic rings. The summed E-state index contributed by atoms with van der Waals surface area (Å²) in [6, 6.07) is 19.3. The summed E-state index contributed by atoms with van der Waals surface area (Å²) in [5.41, 5.74) is 3.84. The molecule has 2 aromatic carbocycles. The molecule has 21 heavy (non-hydrogen) atoms. The monoisotopic (exact) mass is 281 g/mol. The predicted octanol–water partition coefficient (Wildman–Crippen LogP) is 4.13. The Morgan fingerprint density at radius 1 is 1.05 bits per heavy atom. The minimum Gasteiger partial charge on any atom is -0.367 e. The van der Waals surface area contributed by atoms with Crippen molar-refractivity contribution in [1.29, 1.82) is 0 Å². The summed E-state index contributed by atoms with van der Waals surface area (Å²) in [4.78, 5) is 2.31. The Morgan fingerprint density at radius 2 is 1.71 bits per heavy atom. The topological polar surface area (TPSA) is 12.5 Å². The van der Waals surface area contributed by atoms with Gasteiger partial charge in [-0.05, 0) is 37.2 Å². The van der Waals surface area contributed by atoms with Crippen molar-refractivity contribution in [2.24, 2.45) is 0 Å². The molecule has 110 valence electrons. The normalized spacial score (nSPS) is 20.3. The average Bonchev–Trinajstić information content (AvgIpc) is 2.94. The first-order chi connectivity index (χ1) is 10.2. The Balaban J connectivity index is 2.14. The van der Waals surface area contributed by atoms with Crippen molar-refractivity contribution < 1.29 is 4.74 Å². The van der Waals surface area contributed by atoms with Crippen LogP contribution in [-0.2, 0) is 16.9 Å². The van der Waals surface area contributed by atoms with Crippen molar-refractivity contribution >= 4 is 0 Å². The van der Waals surface area contributed by atoms with Crippen molar-refractivity contribution in [2.45, 2.75) is 31.6 Å². The lowest BCUT2D eigenvalue weighted by molar-refractivity contribution is -0.0586. The average molecular weight is 281 g/mol. The highest BCUT2D eigenvalue weighted by Crippen LogP contribution is 2.48. The molecule has 3 rings (SSSR count). The van der Waals surface area contributed by atoms with E-state index in [1.807, 2.05) is 0 Å². The Kier molecular flexibility index (Phi) is 3.83. The summed E-state index contributed by atoms with van der Waals surface area (Å²) >= 11 is 0. The third kappa shape index (κ3) is 2.19. The van der Waals surface area contributed by atoms with Gasteiger partial charge in [-0.25, -0.2) is 0 Å². The third-order valence-electron chi connectivity index (χ3n) is 4.79. The van der Waals surface area contributed by atoms with Gasteiger partial charge in [0.1, 0.15) is 6.10 Å². The zero-order chi connectivity index (χ0) is 14.9. The highest BCUT2D eigenvalue weighted by Gasteiger charge is 2.45. The van der Waals surface area contributed by atoms with Gasteiger partial charge < -0.3 is 4.74 Å². The van der Waals surface area contributed by atoms with Crippen LogP contribution >= 0.6 is 0 Å². The van der Waals surface area contributed by atoms with Crippen LogP contribution < -0.4 is 0 Å². The minimum atomic E-state index is -0.131. The number of hydrogen-bond acceptors (Lipinski definition) is 2. The summed E-state index contributed by atoms with van der Waals surface area (Å²) in [5.74, 6) is 0. The smallest absolute Gasteiger partial charge is 0.106 e. The lowest BCUT2D eigenvalue weighted by Crippen LogP contribution is -2.46. The van der Waals surface area contributed by atoms with Gasteiger partial charge in [-0.1, -0.05) is 61.5 Å². The van der Waals surface area contributed by atoms with Crippen LogP contribution in [0.4, 0.5) is 0 Å². The number of fused-ring (bicyclic) bond motifs is 1. The van der Waals surface area contributed by atoms with E-state index in [1.54, 1.807) is 0 Å². The van der Waals surface area contributed by atoms with Gasteiger partial charge in [-0.2, -0.15) is 0 Å². The van der Waals surface area contributed by atoms with Gasteiger partial charge in [0.2, 0.25) is 0 Å². The fraction of sp³-hybridized carbons (Fsp3) is 0.368. The fourth-order valence-electron chi connectivity index (χ4n) is 3.66. The standard InChI is InChI=1S/C19H23NO/c1-4-19(20(2)3,16-11-6-5-7-12-16)18-17-13-9-8-10-15(17)14-21-18/h5-13,18H,4,14H2,1-3H3. The molecule has 2 nitrogen and oxygen atoms in total. The molecule has 0 amide bonds. The summed E-state index contributed by atoms with van der Waals surface area (Å²) in [5, 5.41) is 0. The Bertz CT molecular complexity index is 608. The molecule has 0 saturated heterocycles. The van der Waals surface area contributed by atoms with Crippen LogP contribution in [0.1, 0.15) is 36.1 Å². The molecule has 0 aromatic heterocycles. The highest BCUT2D eigenvalue weighted by molar-refractivity contribution is 5.38. The molecule has 1 aliphatic heterocycles. The molecule has 0 N–H and O–H groups in total. The first kappa shape index (κ1) is 14.3. The predicted molar refractivity (Wildman–Crippen MR) is 86.1 cm³/mol. The van der Waals surface area contributed by atoms with E-state index in [2.05, 4.69) is 80.5 Å². The number of hydrogen-bond donors (Lipinski definition) is 0. The van der Waals surface area contributed by atoms with Crippen molar-refractivity contribution in [3.8, 4) is 0 Å². The van der Waals surface area contributed by atoms with Crippen molar-refractivity contribution in [3.63, 3.8) is 0 Å².